The molecule has 0 aliphatic carbocycles. The predicted molar refractivity (Wildman–Crippen MR) is 66.5 cm³/mol. The Hall–Kier alpha value is -1.29. The Morgan fingerprint density at radius 3 is 2.29 bits per heavy atom. The molecule has 1 aliphatic rings. The SMILES string of the molecule is CC(C)(C)OC(=O)N1CC=CCC1OS(=O)(=O)C(F)(F)F. The van der Waals surface area contributed by atoms with E-state index in [0.29, 0.717) is 0 Å². The van der Waals surface area contributed by atoms with E-state index in [-0.39, 0.29) is 13.0 Å². The minimum absolute atomic E-state index is 0.104. The van der Waals surface area contributed by atoms with Crippen molar-refractivity contribution in [2.75, 3.05) is 6.54 Å². The Bertz CT molecular complexity index is 521. The van der Waals surface area contributed by atoms with Gasteiger partial charge < -0.3 is 4.74 Å². The molecule has 1 unspecified atom stereocenters. The van der Waals surface area contributed by atoms with E-state index < -0.39 is 33.5 Å². The summed E-state index contributed by atoms with van der Waals surface area (Å²) in [6.07, 6.45) is 0.210. The molecule has 0 aromatic carbocycles. The molecule has 1 heterocycles. The molecule has 0 bridgehead atoms. The average Bonchev–Trinajstić information content (AvgIpc) is 2.25. The number of amides is 1. The quantitative estimate of drug-likeness (QED) is 0.441. The van der Waals surface area contributed by atoms with Crippen LogP contribution >= 0.6 is 0 Å². The molecule has 1 amide bonds. The lowest BCUT2D eigenvalue weighted by atomic mass is 10.2. The highest BCUT2D eigenvalue weighted by atomic mass is 32.2. The highest BCUT2D eigenvalue weighted by Gasteiger charge is 2.49. The van der Waals surface area contributed by atoms with Crippen LogP contribution in [0, 0.1) is 0 Å². The van der Waals surface area contributed by atoms with E-state index in [0.717, 1.165) is 4.90 Å². The van der Waals surface area contributed by atoms with Gasteiger partial charge in [-0.15, -0.1) is 0 Å². The summed E-state index contributed by atoms with van der Waals surface area (Å²) < 4.78 is 68.1. The van der Waals surface area contributed by atoms with E-state index in [1.54, 1.807) is 20.8 Å². The number of rotatable bonds is 2. The first-order chi connectivity index (χ1) is 9.33. The van der Waals surface area contributed by atoms with Crippen molar-refractivity contribution in [3.8, 4) is 0 Å². The molecule has 1 atom stereocenters. The van der Waals surface area contributed by atoms with Crippen molar-refractivity contribution in [3.63, 3.8) is 0 Å². The van der Waals surface area contributed by atoms with Crippen molar-refractivity contribution in [2.45, 2.75) is 44.5 Å². The number of carbonyl (C=O) groups is 1. The minimum atomic E-state index is -5.79. The first kappa shape index (κ1) is 17.8. The van der Waals surface area contributed by atoms with Gasteiger partial charge in [0.15, 0.2) is 6.23 Å². The number of halogens is 3. The highest BCUT2D eigenvalue weighted by molar-refractivity contribution is 7.87. The topological polar surface area (TPSA) is 72.9 Å². The van der Waals surface area contributed by atoms with Gasteiger partial charge in [0.1, 0.15) is 5.60 Å². The Morgan fingerprint density at radius 2 is 1.81 bits per heavy atom. The van der Waals surface area contributed by atoms with Gasteiger partial charge in [0.05, 0.1) is 0 Å². The molecule has 0 spiro atoms. The van der Waals surface area contributed by atoms with Crippen molar-refractivity contribution in [2.24, 2.45) is 0 Å². The lowest BCUT2D eigenvalue weighted by molar-refractivity contribution is -0.0688. The van der Waals surface area contributed by atoms with Crippen LogP contribution in [0.2, 0.25) is 0 Å². The fraction of sp³-hybridized carbons (Fsp3) is 0.727. The standard InChI is InChI=1S/C11H16F3NO5S/c1-10(2,3)19-9(16)15-7-5-4-6-8(15)20-21(17,18)11(12,13)14/h4-5,8H,6-7H2,1-3H3. The monoisotopic (exact) mass is 331 g/mol. The maximum Gasteiger partial charge on any atom is 0.523 e. The predicted octanol–water partition coefficient (Wildman–Crippen LogP) is 2.38. The van der Waals surface area contributed by atoms with Gasteiger partial charge in [-0.2, -0.15) is 21.6 Å². The van der Waals surface area contributed by atoms with Crippen molar-refractivity contribution < 1.29 is 35.3 Å². The molecule has 0 saturated carbocycles. The van der Waals surface area contributed by atoms with E-state index >= 15 is 0 Å². The fourth-order valence-electron chi connectivity index (χ4n) is 1.45. The molecule has 0 saturated heterocycles. The fourth-order valence-corrected chi connectivity index (χ4v) is 2.03. The Morgan fingerprint density at radius 1 is 1.24 bits per heavy atom. The van der Waals surface area contributed by atoms with E-state index in [9.17, 15) is 26.4 Å². The van der Waals surface area contributed by atoms with E-state index in [1.165, 1.54) is 12.2 Å². The van der Waals surface area contributed by atoms with Crippen molar-refractivity contribution in [1.82, 2.24) is 4.90 Å². The van der Waals surface area contributed by atoms with Crippen LogP contribution < -0.4 is 0 Å². The minimum Gasteiger partial charge on any atom is -0.444 e. The molecule has 6 nitrogen and oxygen atoms in total. The third-order valence-electron chi connectivity index (χ3n) is 2.30. The third-order valence-corrected chi connectivity index (χ3v) is 3.35. The Balaban J connectivity index is 2.90. The summed E-state index contributed by atoms with van der Waals surface area (Å²) in [5, 5.41) is 0. The van der Waals surface area contributed by atoms with Crippen LogP contribution in [0.25, 0.3) is 0 Å². The second-order valence-electron chi connectivity index (χ2n) is 5.29. The van der Waals surface area contributed by atoms with Crippen LogP contribution in [0.1, 0.15) is 27.2 Å². The lowest BCUT2D eigenvalue weighted by Crippen LogP contribution is -2.48. The molecule has 0 N–H and O–H groups in total. The van der Waals surface area contributed by atoms with Crippen molar-refractivity contribution in [1.29, 1.82) is 0 Å². The van der Waals surface area contributed by atoms with Gasteiger partial charge in [0.2, 0.25) is 0 Å². The van der Waals surface area contributed by atoms with Gasteiger partial charge in [-0.05, 0) is 20.8 Å². The summed E-state index contributed by atoms with van der Waals surface area (Å²) in [5.74, 6) is 0. The zero-order chi connectivity index (χ0) is 16.5. The van der Waals surface area contributed by atoms with Gasteiger partial charge in [0.25, 0.3) is 0 Å². The highest BCUT2D eigenvalue weighted by Crippen LogP contribution is 2.28. The maximum absolute atomic E-state index is 12.3. The normalized spacial score (nSPS) is 20.5. The van der Waals surface area contributed by atoms with Crippen LogP contribution in [0.5, 0.6) is 0 Å². The smallest absolute Gasteiger partial charge is 0.444 e. The molecule has 0 radical (unpaired) electrons. The average molecular weight is 331 g/mol. The van der Waals surface area contributed by atoms with Gasteiger partial charge in [-0.1, -0.05) is 12.2 Å². The Labute approximate surface area is 120 Å². The maximum atomic E-state index is 12.3. The number of ether oxygens (including phenoxy) is 1. The van der Waals surface area contributed by atoms with Crippen LogP contribution in [0.15, 0.2) is 12.2 Å². The van der Waals surface area contributed by atoms with Gasteiger partial charge in [0, 0.05) is 13.0 Å². The molecule has 0 aromatic heterocycles. The molecular weight excluding hydrogens is 315 g/mol. The first-order valence-electron chi connectivity index (χ1n) is 5.98. The van der Waals surface area contributed by atoms with Gasteiger partial charge in [-0.25, -0.2) is 8.98 Å². The van der Waals surface area contributed by atoms with Crippen molar-refractivity contribution >= 4 is 16.2 Å². The molecule has 21 heavy (non-hydrogen) atoms. The summed E-state index contributed by atoms with van der Waals surface area (Å²) in [5.41, 5.74) is -6.42. The van der Waals surface area contributed by atoms with Crippen LogP contribution in [0.3, 0.4) is 0 Å². The van der Waals surface area contributed by atoms with Crippen LogP contribution in [0.4, 0.5) is 18.0 Å². The zero-order valence-electron chi connectivity index (χ0n) is 11.7. The summed E-state index contributed by atoms with van der Waals surface area (Å²) in [4.78, 5) is 12.7. The lowest BCUT2D eigenvalue weighted by Gasteiger charge is -2.33. The van der Waals surface area contributed by atoms with Gasteiger partial charge >= 0.3 is 21.7 Å². The van der Waals surface area contributed by atoms with Crippen LogP contribution in [-0.2, 0) is 19.0 Å². The molecule has 1 aliphatic heterocycles. The van der Waals surface area contributed by atoms with Crippen molar-refractivity contribution in [3.05, 3.63) is 12.2 Å². The number of alkyl halides is 3. The summed E-state index contributed by atoms with van der Waals surface area (Å²) in [6, 6.07) is 0. The number of carbonyl (C=O) groups excluding carboxylic acids is 1. The molecule has 0 fully saturated rings. The van der Waals surface area contributed by atoms with Crippen LogP contribution in [-0.4, -0.2) is 43.3 Å². The molecule has 0 aromatic rings. The summed E-state index contributed by atoms with van der Waals surface area (Å²) in [6.45, 7) is 4.62. The van der Waals surface area contributed by atoms with E-state index in [4.69, 9.17) is 4.74 Å². The molecule has 10 heteroatoms. The molecular formula is C11H16F3NO5S. The van der Waals surface area contributed by atoms with E-state index in [1.807, 2.05) is 0 Å². The second-order valence-corrected chi connectivity index (χ2v) is 6.85. The second kappa shape index (κ2) is 5.84. The third kappa shape index (κ3) is 4.88. The first-order valence-corrected chi connectivity index (χ1v) is 7.38. The number of hydrogen-bond donors (Lipinski definition) is 0. The summed E-state index contributed by atoms with van der Waals surface area (Å²) in [7, 11) is -5.79. The van der Waals surface area contributed by atoms with Gasteiger partial charge in [-0.3, -0.25) is 4.90 Å². The zero-order valence-corrected chi connectivity index (χ0v) is 12.5. The largest absolute Gasteiger partial charge is 0.523 e. The number of nitrogens with zero attached hydrogens (tertiary/aromatic N) is 1. The molecule has 1 rings (SSSR count). The Kier molecular flexibility index (Phi) is 4.94. The molecule has 122 valence electrons. The number of hydrogen-bond acceptors (Lipinski definition) is 5. The summed E-state index contributed by atoms with van der Waals surface area (Å²) >= 11 is 0. The van der Waals surface area contributed by atoms with E-state index in [2.05, 4.69) is 4.18 Å².